The fourth-order valence-electron chi connectivity index (χ4n) is 3.78. The molecule has 0 aromatic rings. The normalized spacial score (nSPS) is 33.0. The van der Waals surface area contributed by atoms with E-state index < -0.39 is 11.5 Å². The van der Waals surface area contributed by atoms with Crippen LogP contribution in [-0.4, -0.2) is 40.1 Å². The molecule has 1 saturated carbocycles. The van der Waals surface area contributed by atoms with Crippen LogP contribution in [0.15, 0.2) is 0 Å². The highest BCUT2D eigenvalue weighted by atomic mass is 16.4. The van der Waals surface area contributed by atoms with Gasteiger partial charge in [0, 0.05) is 12.6 Å². The summed E-state index contributed by atoms with van der Waals surface area (Å²) < 4.78 is 0. The van der Waals surface area contributed by atoms with Gasteiger partial charge in [-0.15, -0.1) is 0 Å². The SMILES string of the molecule is CCC1CCC(NC(=O)N2CCCC2CC)(C(=O)O)CC1. The van der Waals surface area contributed by atoms with Crippen LogP contribution in [0.2, 0.25) is 0 Å². The molecular formula is C16H28N2O3. The van der Waals surface area contributed by atoms with Gasteiger partial charge in [0.15, 0.2) is 0 Å². The van der Waals surface area contributed by atoms with Gasteiger partial charge in [-0.1, -0.05) is 20.3 Å². The second-order valence-corrected chi connectivity index (χ2v) is 6.57. The summed E-state index contributed by atoms with van der Waals surface area (Å²) in [4.78, 5) is 26.1. The number of carboxylic acid groups (broad SMARTS) is 1. The topological polar surface area (TPSA) is 69.6 Å². The van der Waals surface area contributed by atoms with E-state index in [9.17, 15) is 14.7 Å². The van der Waals surface area contributed by atoms with Crippen molar-refractivity contribution in [3.63, 3.8) is 0 Å². The molecule has 120 valence electrons. The van der Waals surface area contributed by atoms with Crippen molar-refractivity contribution in [2.75, 3.05) is 6.54 Å². The summed E-state index contributed by atoms with van der Waals surface area (Å²) in [5.74, 6) is -0.276. The number of carbonyl (C=O) groups excluding carboxylic acids is 1. The van der Waals surface area contributed by atoms with Crippen LogP contribution in [0.4, 0.5) is 4.79 Å². The number of likely N-dealkylation sites (tertiary alicyclic amines) is 1. The van der Waals surface area contributed by atoms with Crippen molar-refractivity contribution in [3.05, 3.63) is 0 Å². The van der Waals surface area contributed by atoms with Crippen LogP contribution in [0.5, 0.6) is 0 Å². The molecule has 0 radical (unpaired) electrons. The van der Waals surface area contributed by atoms with E-state index in [1.54, 1.807) is 0 Å². The molecule has 1 atom stereocenters. The van der Waals surface area contributed by atoms with Crippen molar-refractivity contribution in [3.8, 4) is 0 Å². The number of carbonyl (C=O) groups is 2. The Kier molecular flexibility index (Phi) is 5.12. The maximum atomic E-state index is 12.5. The molecule has 0 aromatic heterocycles. The minimum absolute atomic E-state index is 0.184. The van der Waals surface area contributed by atoms with Crippen LogP contribution < -0.4 is 5.32 Å². The zero-order chi connectivity index (χ0) is 15.5. The Hall–Kier alpha value is -1.26. The van der Waals surface area contributed by atoms with Gasteiger partial charge >= 0.3 is 12.0 Å². The number of aliphatic carboxylic acids is 1. The Morgan fingerprint density at radius 2 is 1.86 bits per heavy atom. The Labute approximate surface area is 127 Å². The average molecular weight is 296 g/mol. The number of hydrogen-bond donors (Lipinski definition) is 2. The lowest BCUT2D eigenvalue weighted by Crippen LogP contribution is -2.59. The van der Waals surface area contributed by atoms with Gasteiger partial charge in [0.25, 0.3) is 0 Å². The van der Waals surface area contributed by atoms with Gasteiger partial charge in [0.1, 0.15) is 5.54 Å². The number of nitrogens with zero attached hydrogens (tertiary/aromatic N) is 1. The first-order valence-corrected chi connectivity index (χ1v) is 8.34. The molecule has 2 aliphatic rings. The van der Waals surface area contributed by atoms with E-state index >= 15 is 0 Å². The van der Waals surface area contributed by atoms with Crippen molar-refractivity contribution in [2.24, 2.45) is 5.92 Å². The number of rotatable bonds is 4. The Morgan fingerprint density at radius 1 is 1.19 bits per heavy atom. The highest BCUT2D eigenvalue weighted by Crippen LogP contribution is 2.34. The number of urea groups is 1. The zero-order valence-electron chi connectivity index (χ0n) is 13.2. The molecule has 0 aromatic carbocycles. The molecule has 2 fully saturated rings. The van der Waals surface area contributed by atoms with Gasteiger partial charge in [0.2, 0.25) is 0 Å². The second kappa shape index (κ2) is 6.67. The summed E-state index contributed by atoms with van der Waals surface area (Å²) in [7, 11) is 0. The number of amides is 2. The fourth-order valence-corrected chi connectivity index (χ4v) is 3.78. The highest BCUT2D eigenvalue weighted by Gasteiger charge is 2.44. The van der Waals surface area contributed by atoms with Crippen molar-refractivity contribution in [1.82, 2.24) is 10.2 Å². The predicted molar refractivity (Wildman–Crippen MR) is 81.2 cm³/mol. The van der Waals surface area contributed by atoms with Crippen LogP contribution in [0.3, 0.4) is 0 Å². The van der Waals surface area contributed by atoms with E-state index in [0.29, 0.717) is 18.8 Å². The molecule has 2 amide bonds. The van der Waals surface area contributed by atoms with E-state index in [1.807, 2.05) is 4.90 Å². The largest absolute Gasteiger partial charge is 0.480 e. The first-order chi connectivity index (χ1) is 10.0. The molecule has 1 heterocycles. The first kappa shape index (κ1) is 16.1. The van der Waals surface area contributed by atoms with Crippen molar-refractivity contribution in [2.45, 2.75) is 76.8 Å². The standard InChI is InChI=1S/C16H28N2O3/c1-3-12-7-9-16(10-8-12,14(19)20)17-15(21)18-11-5-6-13(18)4-2/h12-13H,3-11H2,1-2H3,(H,17,21)(H,19,20). The zero-order valence-corrected chi connectivity index (χ0v) is 13.2. The molecule has 0 spiro atoms. The summed E-state index contributed by atoms with van der Waals surface area (Å²) in [6, 6.07) is 0.0829. The fraction of sp³-hybridized carbons (Fsp3) is 0.875. The predicted octanol–water partition coefficient (Wildman–Crippen LogP) is 2.99. The van der Waals surface area contributed by atoms with Crippen LogP contribution >= 0.6 is 0 Å². The summed E-state index contributed by atoms with van der Waals surface area (Å²) in [6.45, 7) is 4.97. The molecule has 1 aliphatic carbocycles. The minimum atomic E-state index is -1.05. The van der Waals surface area contributed by atoms with E-state index in [-0.39, 0.29) is 12.1 Å². The third kappa shape index (κ3) is 3.33. The van der Waals surface area contributed by atoms with Gasteiger partial charge in [-0.2, -0.15) is 0 Å². The van der Waals surface area contributed by atoms with Crippen molar-refractivity contribution >= 4 is 12.0 Å². The minimum Gasteiger partial charge on any atom is -0.480 e. The Morgan fingerprint density at radius 3 is 2.38 bits per heavy atom. The number of carboxylic acids is 1. The molecule has 1 aliphatic heterocycles. The molecule has 0 bridgehead atoms. The maximum absolute atomic E-state index is 12.5. The van der Waals surface area contributed by atoms with Crippen LogP contribution in [0.25, 0.3) is 0 Å². The molecule has 2 rings (SSSR count). The Balaban J connectivity index is 2.03. The lowest BCUT2D eigenvalue weighted by Gasteiger charge is -2.38. The average Bonchev–Trinajstić information content (AvgIpc) is 2.96. The molecule has 5 heteroatoms. The van der Waals surface area contributed by atoms with Gasteiger partial charge in [-0.05, 0) is 50.9 Å². The van der Waals surface area contributed by atoms with Crippen LogP contribution in [-0.2, 0) is 4.79 Å². The molecule has 1 saturated heterocycles. The van der Waals surface area contributed by atoms with Crippen LogP contribution in [0, 0.1) is 5.92 Å². The molecule has 1 unspecified atom stereocenters. The number of hydrogen-bond acceptors (Lipinski definition) is 2. The lowest BCUT2D eigenvalue weighted by molar-refractivity contribution is -0.146. The van der Waals surface area contributed by atoms with Gasteiger partial charge in [-0.25, -0.2) is 9.59 Å². The third-order valence-electron chi connectivity index (χ3n) is 5.40. The number of nitrogens with one attached hydrogen (secondary N) is 1. The van der Waals surface area contributed by atoms with Gasteiger partial charge < -0.3 is 15.3 Å². The summed E-state index contributed by atoms with van der Waals surface area (Å²) >= 11 is 0. The van der Waals surface area contributed by atoms with E-state index in [1.165, 1.54) is 0 Å². The molecule has 21 heavy (non-hydrogen) atoms. The Bertz CT molecular complexity index is 389. The quantitative estimate of drug-likeness (QED) is 0.838. The first-order valence-electron chi connectivity index (χ1n) is 8.34. The maximum Gasteiger partial charge on any atom is 0.329 e. The van der Waals surface area contributed by atoms with E-state index in [4.69, 9.17) is 0 Å². The summed E-state index contributed by atoms with van der Waals surface area (Å²) in [5, 5.41) is 12.5. The molecule has 5 nitrogen and oxygen atoms in total. The second-order valence-electron chi connectivity index (χ2n) is 6.57. The van der Waals surface area contributed by atoms with Crippen molar-refractivity contribution < 1.29 is 14.7 Å². The monoisotopic (exact) mass is 296 g/mol. The van der Waals surface area contributed by atoms with Gasteiger partial charge in [-0.3, -0.25) is 0 Å². The van der Waals surface area contributed by atoms with Crippen LogP contribution in [0.1, 0.15) is 65.2 Å². The summed E-state index contributed by atoms with van der Waals surface area (Å²) in [5.41, 5.74) is -1.05. The van der Waals surface area contributed by atoms with Gasteiger partial charge in [0.05, 0.1) is 0 Å². The molecule has 2 N–H and O–H groups in total. The lowest BCUT2D eigenvalue weighted by atomic mass is 9.75. The van der Waals surface area contributed by atoms with E-state index in [2.05, 4.69) is 19.2 Å². The molecular weight excluding hydrogens is 268 g/mol. The summed E-state index contributed by atoms with van der Waals surface area (Å²) in [6.07, 6.45) is 6.96. The smallest absolute Gasteiger partial charge is 0.329 e. The van der Waals surface area contributed by atoms with E-state index in [0.717, 1.165) is 45.1 Å². The third-order valence-corrected chi connectivity index (χ3v) is 5.40. The highest BCUT2D eigenvalue weighted by molar-refractivity contribution is 5.86. The van der Waals surface area contributed by atoms with Crippen molar-refractivity contribution in [1.29, 1.82) is 0 Å².